The first-order valence-electron chi connectivity index (χ1n) is 11.5. The van der Waals surface area contributed by atoms with Crippen molar-refractivity contribution in [3.8, 4) is 11.6 Å². The third-order valence-electron chi connectivity index (χ3n) is 6.68. The summed E-state index contributed by atoms with van der Waals surface area (Å²) in [6.45, 7) is 6.92. The molecule has 0 bridgehead atoms. The van der Waals surface area contributed by atoms with Crippen molar-refractivity contribution in [1.29, 1.82) is 0 Å². The fraction of sp³-hybridized carbons (Fsp3) is 0.520. The summed E-state index contributed by atoms with van der Waals surface area (Å²) in [7, 11) is 1.60. The fourth-order valence-corrected chi connectivity index (χ4v) is 5.26. The Morgan fingerprint density at radius 1 is 1.24 bits per heavy atom. The molecule has 2 aliphatic heterocycles. The second-order valence-electron chi connectivity index (χ2n) is 9.29. The fourth-order valence-electron chi connectivity index (χ4n) is 5.03. The molecule has 4 unspecified atom stereocenters. The number of aromatic nitrogens is 1. The van der Waals surface area contributed by atoms with Gasteiger partial charge in [-0.3, -0.25) is 4.79 Å². The summed E-state index contributed by atoms with van der Waals surface area (Å²) in [6, 6.07) is 10.0. The number of carboxylic acids is 1. The van der Waals surface area contributed by atoms with E-state index in [1.54, 1.807) is 13.3 Å². The molecule has 33 heavy (non-hydrogen) atoms. The van der Waals surface area contributed by atoms with Crippen LogP contribution in [0, 0.1) is 11.8 Å². The zero-order chi connectivity index (χ0) is 23.5. The summed E-state index contributed by atoms with van der Waals surface area (Å²) in [5, 5.41) is 9.86. The van der Waals surface area contributed by atoms with E-state index in [9.17, 15) is 9.90 Å². The van der Waals surface area contributed by atoms with Gasteiger partial charge in [0.2, 0.25) is 5.88 Å². The number of nitrogens with zero attached hydrogens (tertiary/aromatic N) is 3. The van der Waals surface area contributed by atoms with Crippen LogP contribution in [0.15, 0.2) is 36.5 Å². The van der Waals surface area contributed by atoms with Crippen molar-refractivity contribution >= 4 is 28.9 Å². The monoisotopic (exact) mass is 473 g/mol. The topological polar surface area (TPSA) is 75.1 Å². The number of hydrogen-bond acceptors (Lipinski definition) is 6. The minimum Gasteiger partial charge on any atom is -0.490 e. The second kappa shape index (κ2) is 10.1. The van der Waals surface area contributed by atoms with Gasteiger partial charge in [-0.15, -0.1) is 0 Å². The molecule has 1 N–H and O–H groups in total. The van der Waals surface area contributed by atoms with E-state index in [1.165, 1.54) is 0 Å². The van der Waals surface area contributed by atoms with E-state index in [1.807, 2.05) is 30.3 Å². The third kappa shape index (κ3) is 5.46. The molecule has 0 saturated carbocycles. The molecule has 0 spiro atoms. The number of pyridine rings is 1. The van der Waals surface area contributed by atoms with Crippen molar-refractivity contribution in [2.24, 2.45) is 11.8 Å². The van der Waals surface area contributed by atoms with Crippen LogP contribution in [-0.2, 0) is 4.79 Å². The molecule has 2 aromatic rings. The molecular formula is C25H32ClN3O4. The number of ether oxygens (including phenoxy) is 2. The summed E-state index contributed by atoms with van der Waals surface area (Å²) in [4.78, 5) is 19.9. The number of anilines is 2. The molecule has 2 aliphatic rings. The zero-order valence-corrected chi connectivity index (χ0v) is 20.2. The number of piperidine rings is 1. The highest BCUT2D eigenvalue weighted by Crippen LogP contribution is 2.34. The standard InChI is InChI=1S/C25H32ClN3O4/c1-16-10-19(11-25(30)31)29(14-16)18-4-6-20(7-5-18)33-23-8-9-28(15-17(23)2)22-12-24(32-3)27-13-21(22)26/h4-7,12-13,16-17,19,23H,8-11,14-15H2,1-3H3,(H,30,31). The summed E-state index contributed by atoms with van der Waals surface area (Å²) >= 11 is 6.39. The maximum atomic E-state index is 11.2. The predicted octanol–water partition coefficient (Wildman–Crippen LogP) is 4.73. The van der Waals surface area contributed by atoms with Crippen molar-refractivity contribution in [3.05, 3.63) is 41.6 Å². The van der Waals surface area contributed by atoms with Crippen LogP contribution in [0.1, 0.15) is 33.1 Å². The molecule has 2 saturated heterocycles. The molecule has 2 fully saturated rings. The Morgan fingerprint density at radius 3 is 2.67 bits per heavy atom. The van der Waals surface area contributed by atoms with Crippen molar-refractivity contribution in [2.45, 2.75) is 45.3 Å². The van der Waals surface area contributed by atoms with Crippen LogP contribution in [-0.4, -0.2) is 54.9 Å². The zero-order valence-electron chi connectivity index (χ0n) is 19.4. The number of hydrogen-bond donors (Lipinski definition) is 1. The highest BCUT2D eigenvalue weighted by molar-refractivity contribution is 6.33. The van der Waals surface area contributed by atoms with E-state index in [-0.39, 0.29) is 18.6 Å². The van der Waals surface area contributed by atoms with Crippen LogP contribution in [0.3, 0.4) is 0 Å². The Balaban J connectivity index is 1.38. The Morgan fingerprint density at radius 2 is 2.00 bits per heavy atom. The lowest BCUT2D eigenvalue weighted by atomic mass is 9.96. The largest absolute Gasteiger partial charge is 0.490 e. The van der Waals surface area contributed by atoms with Crippen LogP contribution < -0.4 is 19.3 Å². The van der Waals surface area contributed by atoms with E-state index in [2.05, 4.69) is 28.6 Å². The van der Waals surface area contributed by atoms with Gasteiger partial charge in [-0.1, -0.05) is 25.4 Å². The maximum absolute atomic E-state index is 11.2. The van der Waals surface area contributed by atoms with Gasteiger partial charge >= 0.3 is 5.97 Å². The van der Waals surface area contributed by atoms with E-state index in [0.717, 1.165) is 49.6 Å². The lowest BCUT2D eigenvalue weighted by Crippen LogP contribution is -2.44. The first-order chi connectivity index (χ1) is 15.8. The van der Waals surface area contributed by atoms with Crippen LogP contribution in [0.5, 0.6) is 11.6 Å². The molecule has 7 nitrogen and oxygen atoms in total. The van der Waals surface area contributed by atoms with Gasteiger partial charge in [-0.25, -0.2) is 4.98 Å². The van der Waals surface area contributed by atoms with E-state index in [4.69, 9.17) is 21.1 Å². The highest BCUT2D eigenvalue weighted by atomic mass is 35.5. The summed E-state index contributed by atoms with van der Waals surface area (Å²) in [6.07, 6.45) is 3.71. The van der Waals surface area contributed by atoms with Gasteiger partial charge in [-0.05, 0) is 36.6 Å². The maximum Gasteiger partial charge on any atom is 0.305 e. The van der Waals surface area contributed by atoms with Crippen LogP contribution in [0.25, 0.3) is 0 Å². The van der Waals surface area contributed by atoms with Crippen molar-refractivity contribution in [2.75, 3.05) is 36.5 Å². The molecule has 1 aromatic carbocycles. The Labute approximate surface area is 200 Å². The summed E-state index contributed by atoms with van der Waals surface area (Å²) in [5.74, 6) is 1.46. The number of rotatable bonds is 7. The third-order valence-corrected chi connectivity index (χ3v) is 6.97. The van der Waals surface area contributed by atoms with E-state index >= 15 is 0 Å². The number of carboxylic acid groups (broad SMARTS) is 1. The molecule has 0 aliphatic carbocycles. The van der Waals surface area contributed by atoms with E-state index in [0.29, 0.717) is 22.7 Å². The number of benzene rings is 1. The molecule has 3 heterocycles. The summed E-state index contributed by atoms with van der Waals surface area (Å²) in [5.41, 5.74) is 2.00. The summed E-state index contributed by atoms with van der Waals surface area (Å²) < 4.78 is 11.6. The Hall–Kier alpha value is -2.67. The van der Waals surface area contributed by atoms with Gasteiger partial charge in [0, 0.05) is 49.8 Å². The van der Waals surface area contributed by atoms with Gasteiger partial charge in [0.15, 0.2) is 0 Å². The SMILES string of the molecule is COc1cc(N2CCC(Oc3ccc(N4CC(C)CC4CC(=O)O)cc3)C(C)C2)c(Cl)cn1. The average molecular weight is 474 g/mol. The lowest BCUT2D eigenvalue weighted by Gasteiger charge is -2.38. The molecular weight excluding hydrogens is 442 g/mol. The molecule has 8 heteroatoms. The smallest absolute Gasteiger partial charge is 0.305 e. The van der Waals surface area contributed by atoms with Crippen LogP contribution >= 0.6 is 11.6 Å². The van der Waals surface area contributed by atoms with Gasteiger partial charge in [0.05, 0.1) is 30.4 Å². The van der Waals surface area contributed by atoms with Crippen molar-refractivity contribution in [3.63, 3.8) is 0 Å². The average Bonchev–Trinajstić information content (AvgIpc) is 3.15. The first-order valence-corrected chi connectivity index (χ1v) is 11.9. The normalized spacial score (nSPS) is 25.2. The number of carbonyl (C=O) groups is 1. The quantitative estimate of drug-likeness (QED) is 0.623. The van der Waals surface area contributed by atoms with Gasteiger partial charge in [-0.2, -0.15) is 0 Å². The minimum absolute atomic E-state index is 0.0484. The van der Waals surface area contributed by atoms with Gasteiger partial charge in [0.25, 0.3) is 0 Å². The van der Waals surface area contributed by atoms with Crippen molar-refractivity contribution < 1.29 is 19.4 Å². The Kier molecular flexibility index (Phi) is 7.17. The molecule has 178 valence electrons. The lowest BCUT2D eigenvalue weighted by molar-refractivity contribution is -0.137. The van der Waals surface area contributed by atoms with Gasteiger partial charge < -0.3 is 24.4 Å². The van der Waals surface area contributed by atoms with Crippen LogP contribution in [0.4, 0.5) is 11.4 Å². The minimum atomic E-state index is -0.745. The predicted molar refractivity (Wildman–Crippen MR) is 130 cm³/mol. The molecule has 4 atom stereocenters. The Bertz CT molecular complexity index is 971. The van der Waals surface area contributed by atoms with Crippen molar-refractivity contribution in [1.82, 2.24) is 4.98 Å². The molecule has 4 rings (SSSR count). The number of halogens is 1. The molecule has 1 aromatic heterocycles. The molecule has 0 radical (unpaired) electrons. The van der Waals surface area contributed by atoms with Crippen LogP contribution in [0.2, 0.25) is 5.02 Å². The first kappa shape index (κ1) is 23.5. The molecule has 0 amide bonds. The van der Waals surface area contributed by atoms with E-state index < -0.39 is 5.97 Å². The number of aliphatic carboxylic acids is 1. The second-order valence-corrected chi connectivity index (χ2v) is 9.69. The highest BCUT2D eigenvalue weighted by Gasteiger charge is 2.32. The van der Waals surface area contributed by atoms with Gasteiger partial charge in [0.1, 0.15) is 11.9 Å². The number of methoxy groups -OCH3 is 1.